The van der Waals surface area contributed by atoms with Gasteiger partial charge in [-0.25, -0.2) is 13.6 Å². The summed E-state index contributed by atoms with van der Waals surface area (Å²) >= 11 is 0. The highest BCUT2D eigenvalue weighted by atomic mass is 32.2. The first-order valence-corrected chi connectivity index (χ1v) is 11.5. The molecule has 0 saturated carbocycles. The monoisotopic (exact) mass is 465 g/mol. The molecular weight excluding hydrogens is 446 g/mol. The van der Waals surface area contributed by atoms with Crippen LogP contribution in [-0.2, 0) is 14.8 Å². The molecule has 2 aromatic rings. The average molecular weight is 465 g/mol. The van der Waals surface area contributed by atoms with Gasteiger partial charge >= 0.3 is 0 Å². The van der Waals surface area contributed by atoms with Gasteiger partial charge in [-0.05, 0) is 42.7 Å². The Morgan fingerprint density at radius 2 is 1.85 bits per heavy atom. The van der Waals surface area contributed by atoms with Crippen molar-refractivity contribution in [2.24, 2.45) is 10.9 Å². The molecular formula is C22H19N5O5S. The van der Waals surface area contributed by atoms with Crippen molar-refractivity contribution in [2.45, 2.75) is 30.1 Å². The van der Waals surface area contributed by atoms with Crippen LogP contribution in [0.1, 0.15) is 30.7 Å². The fraction of sp³-hybridized carbons (Fsp3) is 0.182. The lowest BCUT2D eigenvalue weighted by atomic mass is 9.75. The van der Waals surface area contributed by atoms with Crippen LogP contribution >= 0.6 is 0 Å². The van der Waals surface area contributed by atoms with Crippen LogP contribution in [0, 0.1) is 21.4 Å². The Bertz CT molecular complexity index is 1390. The Morgan fingerprint density at radius 3 is 2.45 bits per heavy atom. The number of Topliss-reactive ketones (excluding diaryl/α,β-unsaturated/α-hetero) is 1. The molecule has 0 spiro atoms. The van der Waals surface area contributed by atoms with Gasteiger partial charge in [-0.15, -0.1) is 0 Å². The van der Waals surface area contributed by atoms with Gasteiger partial charge < -0.3 is 5.73 Å². The molecule has 0 saturated heterocycles. The molecule has 33 heavy (non-hydrogen) atoms. The molecule has 1 unspecified atom stereocenters. The standard InChI is InChI=1S/C22H19N5O5S/c23-12-17-20(13-3-1-4-15(11-13)27(29)30)21-18(5-2-6-19(21)28)26(22(17)24)14-7-9-16(10-8-14)33(25,31)32/h1,3-4,7-11,20H,2,5-6,24H2,(H2,25,31,32). The van der Waals surface area contributed by atoms with Gasteiger partial charge in [0.2, 0.25) is 10.0 Å². The molecule has 11 heteroatoms. The Kier molecular flexibility index (Phi) is 5.49. The zero-order valence-corrected chi connectivity index (χ0v) is 18.1. The first-order valence-electron chi connectivity index (χ1n) is 9.97. The number of nitrogens with two attached hydrogens (primary N) is 2. The summed E-state index contributed by atoms with van der Waals surface area (Å²) in [5.41, 5.74) is 8.20. The van der Waals surface area contributed by atoms with Gasteiger partial charge in [-0.1, -0.05) is 12.1 Å². The number of allylic oxidation sites excluding steroid dienone is 3. The Hall–Kier alpha value is -4.01. The van der Waals surface area contributed by atoms with Gasteiger partial charge in [-0.3, -0.25) is 19.8 Å². The molecule has 2 aliphatic rings. The summed E-state index contributed by atoms with van der Waals surface area (Å²) in [6.45, 7) is 0. The first-order chi connectivity index (χ1) is 15.6. The number of benzene rings is 2. The number of hydrogen-bond acceptors (Lipinski definition) is 8. The molecule has 2 aromatic carbocycles. The number of non-ortho nitro benzene ring substituents is 1. The fourth-order valence-corrected chi connectivity index (χ4v) is 4.83. The third-order valence-electron chi connectivity index (χ3n) is 5.75. The summed E-state index contributed by atoms with van der Waals surface area (Å²) in [5, 5.41) is 26.5. The molecule has 168 valence electrons. The third-order valence-corrected chi connectivity index (χ3v) is 6.68. The van der Waals surface area contributed by atoms with E-state index < -0.39 is 20.9 Å². The molecule has 0 radical (unpaired) electrons. The first kappa shape index (κ1) is 22.2. The molecule has 0 bridgehead atoms. The second kappa shape index (κ2) is 8.16. The lowest BCUT2D eigenvalue weighted by molar-refractivity contribution is -0.384. The van der Waals surface area contributed by atoms with Gasteiger partial charge in [0.1, 0.15) is 5.82 Å². The van der Waals surface area contributed by atoms with Crippen molar-refractivity contribution in [3.05, 3.63) is 86.9 Å². The predicted octanol–water partition coefficient (Wildman–Crippen LogP) is 2.55. The number of carbonyl (C=O) groups excluding carboxylic acids is 1. The van der Waals surface area contributed by atoms with Crippen LogP contribution in [0.2, 0.25) is 0 Å². The van der Waals surface area contributed by atoms with E-state index in [1.807, 2.05) is 0 Å². The number of nitro benzene ring substituents is 1. The van der Waals surface area contributed by atoms with Gasteiger partial charge in [0.05, 0.1) is 27.4 Å². The summed E-state index contributed by atoms with van der Waals surface area (Å²) in [5.74, 6) is -0.928. The highest BCUT2D eigenvalue weighted by Gasteiger charge is 2.40. The SMILES string of the molecule is N#CC1=C(N)N(c2ccc(S(N)(=O)=O)cc2)C2=C(C(=O)CCC2)C1c1cccc([N+](=O)[O-])c1. The van der Waals surface area contributed by atoms with E-state index in [0.717, 1.165) is 0 Å². The number of nitrogens with zero attached hydrogens (tertiary/aromatic N) is 3. The van der Waals surface area contributed by atoms with E-state index in [2.05, 4.69) is 6.07 Å². The van der Waals surface area contributed by atoms with Crippen molar-refractivity contribution in [1.82, 2.24) is 0 Å². The number of primary sulfonamides is 1. The van der Waals surface area contributed by atoms with Crippen molar-refractivity contribution in [3.8, 4) is 6.07 Å². The zero-order chi connectivity index (χ0) is 23.9. The lowest BCUT2D eigenvalue weighted by Gasteiger charge is -2.39. The van der Waals surface area contributed by atoms with Gasteiger partial charge in [-0.2, -0.15) is 5.26 Å². The lowest BCUT2D eigenvalue weighted by Crippen LogP contribution is -2.38. The minimum absolute atomic E-state index is 0.0748. The summed E-state index contributed by atoms with van der Waals surface area (Å²) in [7, 11) is -3.90. The molecule has 1 aliphatic carbocycles. The molecule has 1 atom stereocenters. The van der Waals surface area contributed by atoms with E-state index in [1.165, 1.54) is 42.5 Å². The van der Waals surface area contributed by atoms with Gasteiger partial charge in [0, 0.05) is 35.5 Å². The van der Waals surface area contributed by atoms with Crippen molar-refractivity contribution >= 4 is 27.2 Å². The van der Waals surface area contributed by atoms with E-state index in [9.17, 15) is 28.6 Å². The van der Waals surface area contributed by atoms with Crippen LogP contribution in [0.3, 0.4) is 0 Å². The molecule has 4 rings (SSSR count). The summed E-state index contributed by atoms with van der Waals surface area (Å²) in [4.78, 5) is 25.3. The smallest absolute Gasteiger partial charge is 0.269 e. The predicted molar refractivity (Wildman–Crippen MR) is 119 cm³/mol. The van der Waals surface area contributed by atoms with Crippen molar-refractivity contribution in [3.63, 3.8) is 0 Å². The van der Waals surface area contributed by atoms with E-state index in [1.54, 1.807) is 11.0 Å². The van der Waals surface area contributed by atoms with Gasteiger partial charge in [0.25, 0.3) is 5.69 Å². The number of nitro groups is 1. The van der Waals surface area contributed by atoms with Crippen molar-refractivity contribution in [2.75, 3.05) is 4.90 Å². The number of nitriles is 1. The summed E-state index contributed by atoms with van der Waals surface area (Å²) < 4.78 is 23.2. The topological polar surface area (TPSA) is 173 Å². The van der Waals surface area contributed by atoms with Crippen LogP contribution in [-0.4, -0.2) is 19.1 Å². The van der Waals surface area contributed by atoms with Crippen molar-refractivity contribution < 1.29 is 18.1 Å². The second-order valence-corrected chi connectivity index (χ2v) is 9.27. The van der Waals surface area contributed by atoms with Crippen LogP contribution in [0.15, 0.2) is 76.1 Å². The summed E-state index contributed by atoms with van der Waals surface area (Å²) in [6, 6.07) is 13.5. The highest BCUT2D eigenvalue weighted by molar-refractivity contribution is 7.89. The normalized spacial score (nSPS) is 18.7. The van der Waals surface area contributed by atoms with E-state index in [4.69, 9.17) is 10.9 Å². The molecule has 4 N–H and O–H groups in total. The third kappa shape index (κ3) is 3.86. The number of ketones is 1. The van der Waals surface area contributed by atoms with E-state index in [0.29, 0.717) is 35.4 Å². The average Bonchev–Trinajstić information content (AvgIpc) is 2.78. The largest absolute Gasteiger partial charge is 0.384 e. The Morgan fingerprint density at radius 1 is 1.15 bits per heavy atom. The molecule has 0 aromatic heterocycles. The van der Waals surface area contributed by atoms with Gasteiger partial charge in [0.15, 0.2) is 5.78 Å². The molecule has 0 fully saturated rings. The van der Waals surface area contributed by atoms with Crippen LogP contribution in [0.4, 0.5) is 11.4 Å². The zero-order valence-electron chi connectivity index (χ0n) is 17.3. The maximum atomic E-state index is 13.1. The number of anilines is 1. The number of sulfonamides is 1. The molecule has 1 heterocycles. The van der Waals surface area contributed by atoms with Crippen molar-refractivity contribution in [1.29, 1.82) is 5.26 Å². The molecule has 0 amide bonds. The Labute approximate surface area is 189 Å². The highest BCUT2D eigenvalue weighted by Crippen LogP contribution is 2.46. The van der Waals surface area contributed by atoms with E-state index in [-0.39, 0.29) is 34.2 Å². The molecule has 1 aliphatic heterocycles. The quantitative estimate of drug-likeness (QED) is 0.512. The second-order valence-electron chi connectivity index (χ2n) is 7.71. The van der Waals surface area contributed by atoms with Crippen LogP contribution in [0.5, 0.6) is 0 Å². The Balaban J connectivity index is 1.93. The number of carbonyl (C=O) groups is 1. The molecule has 10 nitrogen and oxygen atoms in total. The minimum atomic E-state index is -3.90. The number of rotatable bonds is 4. The summed E-state index contributed by atoms with van der Waals surface area (Å²) in [6.07, 6.45) is 1.34. The van der Waals surface area contributed by atoms with Crippen LogP contribution < -0.4 is 15.8 Å². The van der Waals surface area contributed by atoms with Crippen LogP contribution in [0.25, 0.3) is 0 Å². The maximum absolute atomic E-state index is 13.1. The van der Waals surface area contributed by atoms with E-state index >= 15 is 0 Å². The maximum Gasteiger partial charge on any atom is 0.269 e. The fourth-order valence-electron chi connectivity index (χ4n) is 4.32. The number of hydrogen-bond donors (Lipinski definition) is 2. The minimum Gasteiger partial charge on any atom is -0.384 e.